The number of hydrogen-bond acceptors (Lipinski definition) is 5. The van der Waals surface area contributed by atoms with Crippen molar-refractivity contribution in [3.8, 4) is 17.6 Å². The molecule has 0 radical (unpaired) electrons. The summed E-state index contributed by atoms with van der Waals surface area (Å²) in [5.74, 6) is 1.45. The molecular formula is C15H15N3O2. The Hall–Kier alpha value is -2.74. The van der Waals surface area contributed by atoms with E-state index in [1.165, 1.54) is 0 Å². The molecule has 0 amide bonds. The molecule has 0 saturated carbocycles. The van der Waals surface area contributed by atoms with Crippen LogP contribution in [0.5, 0.6) is 11.5 Å². The fourth-order valence-electron chi connectivity index (χ4n) is 1.82. The minimum atomic E-state index is 0.418. The summed E-state index contributed by atoms with van der Waals surface area (Å²) in [6, 6.07) is 11.3. The quantitative estimate of drug-likeness (QED) is 0.903. The van der Waals surface area contributed by atoms with Gasteiger partial charge in [-0.1, -0.05) is 6.07 Å². The van der Waals surface area contributed by atoms with Gasteiger partial charge in [0.05, 0.1) is 19.9 Å². The molecule has 1 aromatic carbocycles. The molecule has 102 valence electrons. The standard InChI is InChI=1S/C15H15N3O2/c1-19-12-5-6-15(20-2)13(8-12)18-10-11-4-3-7-17-14(11)9-16/h3-8,18H,10H2,1-2H3. The molecule has 2 aromatic rings. The van der Waals surface area contributed by atoms with Gasteiger partial charge in [0.2, 0.25) is 0 Å². The number of nitrogens with one attached hydrogen (secondary N) is 1. The Kier molecular flexibility index (Phi) is 4.40. The van der Waals surface area contributed by atoms with Gasteiger partial charge in [-0.3, -0.25) is 0 Å². The molecule has 0 unspecified atom stereocenters. The summed E-state index contributed by atoms with van der Waals surface area (Å²) in [5.41, 5.74) is 2.06. The van der Waals surface area contributed by atoms with Gasteiger partial charge in [-0.25, -0.2) is 4.98 Å². The van der Waals surface area contributed by atoms with Crippen LogP contribution in [0.3, 0.4) is 0 Å². The summed E-state index contributed by atoms with van der Waals surface area (Å²) in [7, 11) is 3.22. The van der Waals surface area contributed by atoms with Crippen molar-refractivity contribution >= 4 is 5.69 Å². The molecule has 2 rings (SSSR count). The molecule has 5 heteroatoms. The van der Waals surface area contributed by atoms with Crippen LogP contribution in [0.15, 0.2) is 36.5 Å². The lowest BCUT2D eigenvalue weighted by molar-refractivity contribution is 0.404. The topological polar surface area (TPSA) is 67.2 Å². The van der Waals surface area contributed by atoms with E-state index >= 15 is 0 Å². The van der Waals surface area contributed by atoms with Crippen molar-refractivity contribution in [2.45, 2.75) is 6.54 Å². The van der Waals surface area contributed by atoms with Crippen LogP contribution in [0.1, 0.15) is 11.3 Å². The number of ether oxygens (including phenoxy) is 2. The SMILES string of the molecule is COc1ccc(OC)c(NCc2cccnc2C#N)c1. The van der Waals surface area contributed by atoms with Crippen LogP contribution >= 0.6 is 0 Å². The summed E-state index contributed by atoms with van der Waals surface area (Å²) < 4.78 is 10.5. The summed E-state index contributed by atoms with van der Waals surface area (Å²) in [6.07, 6.45) is 1.61. The maximum atomic E-state index is 9.01. The van der Waals surface area contributed by atoms with Crippen LogP contribution in [0, 0.1) is 11.3 Å². The van der Waals surface area contributed by atoms with Crippen molar-refractivity contribution in [2.75, 3.05) is 19.5 Å². The Bertz CT molecular complexity index is 635. The van der Waals surface area contributed by atoms with E-state index in [0.717, 1.165) is 17.0 Å². The predicted molar refractivity (Wildman–Crippen MR) is 75.8 cm³/mol. The van der Waals surface area contributed by atoms with Crippen LogP contribution in [-0.2, 0) is 6.54 Å². The molecule has 20 heavy (non-hydrogen) atoms. The van der Waals surface area contributed by atoms with Crippen molar-refractivity contribution in [1.82, 2.24) is 4.98 Å². The number of nitriles is 1. The zero-order valence-corrected chi connectivity index (χ0v) is 11.4. The molecule has 5 nitrogen and oxygen atoms in total. The van der Waals surface area contributed by atoms with E-state index in [1.807, 2.05) is 24.3 Å². The Morgan fingerprint density at radius 2 is 2.10 bits per heavy atom. The maximum Gasteiger partial charge on any atom is 0.145 e. The average molecular weight is 269 g/mol. The Morgan fingerprint density at radius 1 is 1.25 bits per heavy atom. The van der Waals surface area contributed by atoms with Crippen LogP contribution in [0.2, 0.25) is 0 Å². The van der Waals surface area contributed by atoms with Crippen molar-refractivity contribution in [1.29, 1.82) is 5.26 Å². The van der Waals surface area contributed by atoms with Gasteiger partial charge in [0.15, 0.2) is 0 Å². The van der Waals surface area contributed by atoms with E-state index in [1.54, 1.807) is 26.5 Å². The van der Waals surface area contributed by atoms with E-state index in [2.05, 4.69) is 16.4 Å². The lowest BCUT2D eigenvalue weighted by Crippen LogP contribution is -2.04. The highest BCUT2D eigenvalue weighted by molar-refractivity contribution is 5.60. The Balaban J connectivity index is 2.20. The minimum absolute atomic E-state index is 0.418. The van der Waals surface area contributed by atoms with Crippen LogP contribution in [-0.4, -0.2) is 19.2 Å². The number of pyridine rings is 1. The van der Waals surface area contributed by atoms with Crippen LogP contribution < -0.4 is 14.8 Å². The van der Waals surface area contributed by atoms with Gasteiger partial charge in [-0.05, 0) is 18.2 Å². The summed E-state index contributed by atoms with van der Waals surface area (Å²) in [6.45, 7) is 0.486. The smallest absolute Gasteiger partial charge is 0.145 e. The lowest BCUT2D eigenvalue weighted by atomic mass is 10.2. The lowest BCUT2D eigenvalue weighted by Gasteiger charge is -2.13. The number of anilines is 1. The third-order valence-corrected chi connectivity index (χ3v) is 2.87. The normalized spacial score (nSPS) is 9.65. The van der Waals surface area contributed by atoms with Crippen molar-refractivity contribution < 1.29 is 9.47 Å². The monoisotopic (exact) mass is 269 g/mol. The van der Waals surface area contributed by atoms with Gasteiger partial charge in [0.1, 0.15) is 23.3 Å². The molecule has 0 spiro atoms. The number of benzene rings is 1. The van der Waals surface area contributed by atoms with Gasteiger partial charge in [0.25, 0.3) is 0 Å². The molecule has 0 aliphatic rings. The molecule has 1 N–H and O–H groups in total. The number of rotatable bonds is 5. The van der Waals surface area contributed by atoms with Crippen molar-refractivity contribution in [2.24, 2.45) is 0 Å². The number of aromatic nitrogens is 1. The zero-order valence-electron chi connectivity index (χ0n) is 11.4. The maximum absolute atomic E-state index is 9.01. The van der Waals surface area contributed by atoms with E-state index in [9.17, 15) is 0 Å². The highest BCUT2D eigenvalue weighted by Gasteiger charge is 2.07. The third-order valence-electron chi connectivity index (χ3n) is 2.87. The van der Waals surface area contributed by atoms with Gasteiger partial charge >= 0.3 is 0 Å². The van der Waals surface area contributed by atoms with Gasteiger partial charge in [-0.15, -0.1) is 0 Å². The molecule has 0 fully saturated rings. The number of nitrogens with zero attached hydrogens (tertiary/aromatic N) is 2. The average Bonchev–Trinajstić information content (AvgIpc) is 2.52. The molecule has 0 bridgehead atoms. The summed E-state index contributed by atoms with van der Waals surface area (Å²) in [4.78, 5) is 4.03. The van der Waals surface area contributed by atoms with E-state index in [4.69, 9.17) is 14.7 Å². The summed E-state index contributed by atoms with van der Waals surface area (Å²) >= 11 is 0. The van der Waals surface area contributed by atoms with Crippen molar-refractivity contribution in [3.05, 3.63) is 47.8 Å². The first-order valence-corrected chi connectivity index (χ1v) is 6.08. The van der Waals surface area contributed by atoms with Gasteiger partial charge < -0.3 is 14.8 Å². The molecule has 1 heterocycles. The Morgan fingerprint density at radius 3 is 2.80 bits per heavy atom. The Labute approximate surface area is 117 Å². The number of methoxy groups -OCH3 is 2. The second kappa shape index (κ2) is 6.43. The highest BCUT2D eigenvalue weighted by atomic mass is 16.5. The molecule has 1 aromatic heterocycles. The van der Waals surface area contributed by atoms with E-state index < -0.39 is 0 Å². The number of hydrogen-bond donors (Lipinski definition) is 1. The molecule has 0 saturated heterocycles. The van der Waals surface area contributed by atoms with E-state index in [0.29, 0.717) is 18.0 Å². The zero-order chi connectivity index (χ0) is 14.4. The highest BCUT2D eigenvalue weighted by Crippen LogP contribution is 2.29. The second-order valence-electron chi connectivity index (χ2n) is 4.04. The second-order valence-corrected chi connectivity index (χ2v) is 4.04. The van der Waals surface area contributed by atoms with Gasteiger partial charge in [0, 0.05) is 24.4 Å². The molecular weight excluding hydrogens is 254 g/mol. The fraction of sp³-hybridized carbons (Fsp3) is 0.200. The minimum Gasteiger partial charge on any atom is -0.497 e. The molecule has 0 aliphatic heterocycles. The third kappa shape index (κ3) is 2.98. The van der Waals surface area contributed by atoms with Crippen LogP contribution in [0.25, 0.3) is 0 Å². The molecule has 0 atom stereocenters. The van der Waals surface area contributed by atoms with Crippen molar-refractivity contribution in [3.63, 3.8) is 0 Å². The van der Waals surface area contributed by atoms with Gasteiger partial charge in [-0.2, -0.15) is 5.26 Å². The van der Waals surface area contributed by atoms with E-state index in [-0.39, 0.29) is 0 Å². The molecule has 0 aliphatic carbocycles. The first-order chi connectivity index (χ1) is 9.78. The first-order valence-electron chi connectivity index (χ1n) is 6.08. The first kappa shape index (κ1) is 13.7. The van der Waals surface area contributed by atoms with Crippen LogP contribution in [0.4, 0.5) is 5.69 Å². The fourth-order valence-corrected chi connectivity index (χ4v) is 1.82. The largest absolute Gasteiger partial charge is 0.497 e. The summed E-state index contributed by atoms with van der Waals surface area (Å²) in [5, 5.41) is 12.2. The predicted octanol–water partition coefficient (Wildman–Crippen LogP) is 2.58.